The van der Waals surface area contributed by atoms with Gasteiger partial charge >= 0.3 is 0 Å². The van der Waals surface area contributed by atoms with Crippen molar-refractivity contribution >= 4 is 17.1 Å². The second kappa shape index (κ2) is 4.59. The molecule has 1 heterocycles. The first-order valence-corrected chi connectivity index (χ1v) is 5.44. The third-order valence-corrected chi connectivity index (χ3v) is 2.56. The van der Waals surface area contributed by atoms with Crippen molar-refractivity contribution in [3.63, 3.8) is 0 Å². The van der Waals surface area contributed by atoms with Crippen LogP contribution in [-0.2, 0) is 0 Å². The van der Waals surface area contributed by atoms with Crippen LogP contribution in [0.4, 0.5) is 0 Å². The highest BCUT2D eigenvalue weighted by molar-refractivity contribution is 7.08. The van der Waals surface area contributed by atoms with Crippen LogP contribution in [0.5, 0.6) is 0 Å². The first-order chi connectivity index (χ1) is 7.36. The topological polar surface area (TPSA) is 17.1 Å². The molecule has 2 aromatic rings. The lowest BCUT2D eigenvalue weighted by Crippen LogP contribution is -1.91. The monoisotopic (exact) mass is 212 g/mol. The van der Waals surface area contributed by atoms with Crippen molar-refractivity contribution < 1.29 is 4.79 Å². The zero-order chi connectivity index (χ0) is 10.5. The molecular weight excluding hydrogens is 204 g/mol. The van der Waals surface area contributed by atoms with Crippen molar-refractivity contribution in [2.75, 3.05) is 0 Å². The number of hydrogen-bond acceptors (Lipinski definition) is 2. The van der Waals surface area contributed by atoms with Gasteiger partial charge in [0.1, 0.15) is 0 Å². The summed E-state index contributed by atoms with van der Waals surface area (Å²) >= 11 is 1.50. The minimum Gasteiger partial charge on any atom is -0.279 e. The predicted octanol–water partition coefficient (Wildman–Crippen LogP) is 2.98. The number of Topliss-reactive ketones (excluding diaryl/α,β-unsaturated/α-hetero) is 1. The standard InChI is InChI=1S/C13H8OS/c14-13(12-8-9-15-10-12)7-6-11-4-2-1-3-5-11/h1-5,8-10H. The third kappa shape index (κ3) is 2.55. The summed E-state index contributed by atoms with van der Waals surface area (Å²) in [6.45, 7) is 0. The fraction of sp³-hybridized carbons (Fsp3) is 0. The average Bonchev–Trinajstić information content (AvgIpc) is 2.81. The lowest BCUT2D eigenvalue weighted by atomic mass is 10.2. The van der Waals surface area contributed by atoms with E-state index in [9.17, 15) is 4.79 Å². The molecule has 0 aliphatic carbocycles. The lowest BCUT2D eigenvalue weighted by molar-refractivity contribution is 0.105. The van der Waals surface area contributed by atoms with E-state index in [4.69, 9.17) is 0 Å². The SMILES string of the molecule is O=C(C#Cc1ccccc1)c1ccsc1. The van der Waals surface area contributed by atoms with Crippen molar-refractivity contribution in [2.45, 2.75) is 0 Å². The molecule has 0 atom stereocenters. The van der Waals surface area contributed by atoms with Crippen LogP contribution in [0.15, 0.2) is 47.2 Å². The Hall–Kier alpha value is -1.85. The molecule has 0 spiro atoms. The normalized spacial score (nSPS) is 9.07. The smallest absolute Gasteiger partial charge is 0.237 e. The summed E-state index contributed by atoms with van der Waals surface area (Å²) in [7, 11) is 0. The highest BCUT2D eigenvalue weighted by atomic mass is 32.1. The first-order valence-electron chi connectivity index (χ1n) is 4.50. The summed E-state index contributed by atoms with van der Waals surface area (Å²) in [6, 6.07) is 11.3. The molecule has 0 bridgehead atoms. The van der Waals surface area contributed by atoms with Crippen LogP contribution < -0.4 is 0 Å². The minimum absolute atomic E-state index is 0.125. The Kier molecular flexibility index (Phi) is 2.96. The number of rotatable bonds is 1. The summed E-state index contributed by atoms with van der Waals surface area (Å²) < 4.78 is 0. The van der Waals surface area contributed by atoms with Gasteiger partial charge in [0.15, 0.2) is 0 Å². The van der Waals surface area contributed by atoms with Crippen LogP contribution in [0, 0.1) is 11.8 Å². The predicted molar refractivity (Wildman–Crippen MR) is 62.0 cm³/mol. The molecular formula is C13H8OS. The van der Waals surface area contributed by atoms with Gasteiger partial charge in [0.05, 0.1) is 0 Å². The van der Waals surface area contributed by atoms with Gasteiger partial charge in [-0.3, -0.25) is 4.79 Å². The fourth-order valence-corrected chi connectivity index (χ4v) is 1.75. The Balaban J connectivity index is 2.17. The summed E-state index contributed by atoms with van der Waals surface area (Å²) in [5.74, 6) is 5.33. The Morgan fingerprint density at radius 3 is 2.60 bits per heavy atom. The Bertz CT molecular complexity index is 500. The first kappa shape index (κ1) is 9.70. The van der Waals surface area contributed by atoms with Gasteiger partial charge in [-0.05, 0) is 29.5 Å². The maximum absolute atomic E-state index is 11.5. The zero-order valence-corrected chi connectivity index (χ0v) is 8.75. The zero-order valence-electron chi connectivity index (χ0n) is 7.94. The highest BCUT2D eigenvalue weighted by Gasteiger charge is 2.00. The van der Waals surface area contributed by atoms with E-state index in [0.717, 1.165) is 5.56 Å². The molecule has 2 heteroatoms. The molecule has 0 amide bonds. The Labute approximate surface area is 92.4 Å². The number of thiophene rings is 1. The molecule has 0 fully saturated rings. The molecule has 0 N–H and O–H groups in total. The Morgan fingerprint density at radius 1 is 1.13 bits per heavy atom. The molecule has 1 aromatic heterocycles. The summed E-state index contributed by atoms with van der Waals surface area (Å²) in [5.41, 5.74) is 1.53. The van der Waals surface area contributed by atoms with Gasteiger partial charge in [0, 0.05) is 16.5 Å². The molecule has 0 radical (unpaired) electrons. The summed E-state index contributed by atoms with van der Waals surface area (Å²) in [4.78, 5) is 11.5. The van der Waals surface area contributed by atoms with Gasteiger partial charge in [0.25, 0.3) is 0 Å². The van der Waals surface area contributed by atoms with E-state index in [0.29, 0.717) is 5.56 Å². The quantitative estimate of drug-likeness (QED) is 0.524. The van der Waals surface area contributed by atoms with Crippen molar-refractivity contribution in [3.05, 3.63) is 58.3 Å². The molecule has 1 aromatic carbocycles. The summed E-state index contributed by atoms with van der Waals surface area (Å²) in [6.07, 6.45) is 0. The molecule has 0 saturated heterocycles. The largest absolute Gasteiger partial charge is 0.279 e. The number of carbonyl (C=O) groups is 1. The second-order valence-electron chi connectivity index (χ2n) is 2.96. The number of carbonyl (C=O) groups excluding carboxylic acids is 1. The van der Waals surface area contributed by atoms with E-state index in [-0.39, 0.29) is 5.78 Å². The van der Waals surface area contributed by atoms with Gasteiger partial charge in [0.2, 0.25) is 5.78 Å². The Morgan fingerprint density at radius 2 is 1.93 bits per heavy atom. The van der Waals surface area contributed by atoms with Crippen LogP contribution in [0.25, 0.3) is 0 Å². The van der Waals surface area contributed by atoms with Crippen LogP contribution in [-0.4, -0.2) is 5.78 Å². The molecule has 0 aliphatic rings. The van der Waals surface area contributed by atoms with Gasteiger partial charge in [-0.15, -0.1) is 0 Å². The number of ketones is 1. The molecule has 1 nitrogen and oxygen atoms in total. The van der Waals surface area contributed by atoms with E-state index in [2.05, 4.69) is 11.8 Å². The second-order valence-corrected chi connectivity index (χ2v) is 3.74. The molecule has 15 heavy (non-hydrogen) atoms. The van der Waals surface area contributed by atoms with Crippen LogP contribution in [0.1, 0.15) is 15.9 Å². The number of benzene rings is 1. The maximum Gasteiger partial charge on any atom is 0.237 e. The van der Waals surface area contributed by atoms with Crippen molar-refractivity contribution in [3.8, 4) is 11.8 Å². The van der Waals surface area contributed by atoms with Crippen molar-refractivity contribution in [1.82, 2.24) is 0 Å². The lowest BCUT2D eigenvalue weighted by Gasteiger charge is -1.86. The van der Waals surface area contributed by atoms with Gasteiger partial charge in [-0.1, -0.05) is 24.1 Å². The molecule has 0 saturated carbocycles. The van der Waals surface area contributed by atoms with Crippen LogP contribution in [0.3, 0.4) is 0 Å². The number of hydrogen-bond donors (Lipinski definition) is 0. The van der Waals surface area contributed by atoms with E-state index in [1.165, 1.54) is 11.3 Å². The van der Waals surface area contributed by atoms with Crippen molar-refractivity contribution in [1.29, 1.82) is 0 Å². The van der Waals surface area contributed by atoms with E-state index >= 15 is 0 Å². The fourth-order valence-electron chi connectivity index (χ4n) is 1.12. The molecule has 0 unspecified atom stereocenters. The summed E-state index contributed by atoms with van der Waals surface area (Å²) in [5, 5.41) is 3.68. The van der Waals surface area contributed by atoms with Gasteiger partial charge in [-0.2, -0.15) is 11.3 Å². The highest BCUT2D eigenvalue weighted by Crippen LogP contribution is 2.06. The van der Waals surface area contributed by atoms with E-state index in [1.807, 2.05) is 41.1 Å². The maximum atomic E-state index is 11.5. The third-order valence-electron chi connectivity index (χ3n) is 1.88. The van der Waals surface area contributed by atoms with Crippen LogP contribution in [0.2, 0.25) is 0 Å². The van der Waals surface area contributed by atoms with Gasteiger partial charge < -0.3 is 0 Å². The van der Waals surface area contributed by atoms with E-state index in [1.54, 1.807) is 6.07 Å². The van der Waals surface area contributed by atoms with E-state index < -0.39 is 0 Å². The molecule has 72 valence electrons. The molecule has 0 aliphatic heterocycles. The van der Waals surface area contributed by atoms with Crippen LogP contribution >= 0.6 is 11.3 Å². The minimum atomic E-state index is -0.125. The van der Waals surface area contributed by atoms with Gasteiger partial charge in [-0.25, -0.2) is 0 Å². The average molecular weight is 212 g/mol. The van der Waals surface area contributed by atoms with Crippen molar-refractivity contribution in [2.24, 2.45) is 0 Å². The molecule has 2 rings (SSSR count).